The van der Waals surface area contributed by atoms with Crippen LogP contribution in [-0.4, -0.2) is 37.7 Å². The van der Waals surface area contributed by atoms with Crippen molar-refractivity contribution >= 4 is 13.7 Å². The van der Waals surface area contributed by atoms with E-state index < -0.39 is 0 Å². The predicted molar refractivity (Wildman–Crippen MR) is 59.9 cm³/mol. The molecule has 1 fully saturated rings. The summed E-state index contributed by atoms with van der Waals surface area (Å²) in [5.74, 6) is -0.178. The molecule has 1 aromatic carbocycles. The number of nitrogens with two attached hydrogens (primary N) is 1. The highest BCUT2D eigenvalue weighted by Gasteiger charge is 2.31. The standard InChI is InChI=1S/C11H13BN2O/c12-11(15)14-6-9(10(13)7-14)8-4-2-1-3-5-8/h1-5,9-10H,6-7,13H2. The summed E-state index contributed by atoms with van der Waals surface area (Å²) in [7, 11) is 5.23. The molecule has 3 nitrogen and oxygen atoms in total. The number of hydrogen-bond donors (Lipinski definition) is 1. The van der Waals surface area contributed by atoms with Gasteiger partial charge >= 0.3 is 0 Å². The van der Waals surface area contributed by atoms with Gasteiger partial charge in [0, 0.05) is 25.0 Å². The van der Waals surface area contributed by atoms with E-state index in [1.807, 2.05) is 30.3 Å². The van der Waals surface area contributed by atoms with Crippen LogP contribution in [0.25, 0.3) is 0 Å². The SMILES string of the molecule is [B]C(=O)N1CC(N)C(c2ccccc2)C1. The molecule has 1 aliphatic rings. The van der Waals surface area contributed by atoms with E-state index in [9.17, 15) is 4.79 Å². The largest absolute Gasteiger partial charge is 0.350 e. The second-order valence-electron chi connectivity index (χ2n) is 3.92. The lowest BCUT2D eigenvalue weighted by molar-refractivity contribution is 0.231. The molecule has 2 rings (SSSR count). The Morgan fingerprint density at radius 3 is 2.53 bits per heavy atom. The van der Waals surface area contributed by atoms with Crippen molar-refractivity contribution in [1.82, 2.24) is 4.90 Å². The number of benzene rings is 1. The number of rotatable bonds is 1. The number of amides is 1. The molecule has 0 aromatic heterocycles. The van der Waals surface area contributed by atoms with Gasteiger partial charge in [0.05, 0.1) is 0 Å². The van der Waals surface area contributed by atoms with Gasteiger partial charge in [-0.15, -0.1) is 0 Å². The average Bonchev–Trinajstić information content (AvgIpc) is 2.62. The molecule has 0 bridgehead atoms. The number of hydrogen-bond acceptors (Lipinski definition) is 2. The summed E-state index contributed by atoms with van der Waals surface area (Å²) in [6, 6.07) is 9.99. The Balaban J connectivity index is 2.15. The summed E-state index contributed by atoms with van der Waals surface area (Å²) < 4.78 is 0. The second-order valence-corrected chi connectivity index (χ2v) is 3.92. The van der Waals surface area contributed by atoms with Gasteiger partial charge in [-0.05, 0) is 5.56 Å². The summed E-state index contributed by atoms with van der Waals surface area (Å²) in [6.07, 6.45) is 0. The first-order chi connectivity index (χ1) is 7.18. The molecule has 1 aromatic rings. The van der Waals surface area contributed by atoms with Gasteiger partial charge in [0.25, 0.3) is 0 Å². The minimum Gasteiger partial charge on any atom is -0.350 e. The summed E-state index contributed by atoms with van der Waals surface area (Å²) in [5.41, 5.74) is 7.16. The molecule has 1 amide bonds. The first-order valence-electron chi connectivity index (χ1n) is 5.03. The van der Waals surface area contributed by atoms with E-state index in [4.69, 9.17) is 13.6 Å². The molecular weight excluding hydrogens is 187 g/mol. The van der Waals surface area contributed by atoms with Crippen LogP contribution in [0.15, 0.2) is 30.3 Å². The molecule has 2 atom stereocenters. The maximum atomic E-state index is 11.0. The van der Waals surface area contributed by atoms with Crippen molar-refractivity contribution in [2.45, 2.75) is 12.0 Å². The second kappa shape index (κ2) is 4.07. The maximum absolute atomic E-state index is 11.0. The van der Waals surface area contributed by atoms with Crippen molar-refractivity contribution in [3.63, 3.8) is 0 Å². The van der Waals surface area contributed by atoms with Gasteiger partial charge in [0.2, 0.25) is 7.85 Å². The van der Waals surface area contributed by atoms with Crippen molar-refractivity contribution in [2.75, 3.05) is 13.1 Å². The first-order valence-corrected chi connectivity index (χ1v) is 5.03. The van der Waals surface area contributed by atoms with E-state index in [0.717, 1.165) is 0 Å². The van der Waals surface area contributed by atoms with Crippen LogP contribution in [-0.2, 0) is 0 Å². The fourth-order valence-electron chi connectivity index (χ4n) is 2.06. The van der Waals surface area contributed by atoms with Gasteiger partial charge < -0.3 is 10.6 Å². The summed E-state index contributed by atoms with van der Waals surface area (Å²) >= 11 is 0. The van der Waals surface area contributed by atoms with Crippen molar-refractivity contribution in [3.05, 3.63) is 35.9 Å². The molecule has 2 radical (unpaired) electrons. The molecule has 15 heavy (non-hydrogen) atoms. The van der Waals surface area contributed by atoms with Crippen molar-refractivity contribution < 1.29 is 4.79 Å². The Kier molecular flexibility index (Phi) is 2.78. The fraction of sp³-hybridized carbons (Fsp3) is 0.364. The van der Waals surface area contributed by atoms with Crippen LogP contribution >= 0.6 is 0 Å². The normalized spacial score (nSPS) is 25.5. The minimum absolute atomic E-state index is 0.0140. The highest BCUT2D eigenvalue weighted by Crippen LogP contribution is 2.25. The van der Waals surface area contributed by atoms with E-state index >= 15 is 0 Å². The first kappa shape index (κ1) is 10.2. The Bertz CT molecular complexity index is 355. The third kappa shape index (κ3) is 2.05. The lowest BCUT2D eigenvalue weighted by atomic mass is 9.95. The highest BCUT2D eigenvalue weighted by atomic mass is 16.1. The number of carbonyl (C=O) groups is 1. The molecule has 0 saturated carbocycles. The molecule has 1 aliphatic heterocycles. The monoisotopic (exact) mass is 200 g/mol. The fourth-order valence-corrected chi connectivity index (χ4v) is 2.06. The lowest BCUT2D eigenvalue weighted by Crippen LogP contribution is -2.31. The topological polar surface area (TPSA) is 46.3 Å². The summed E-state index contributed by atoms with van der Waals surface area (Å²) in [5, 5.41) is 0. The molecule has 2 N–H and O–H groups in total. The van der Waals surface area contributed by atoms with E-state index in [1.54, 1.807) is 4.90 Å². The molecule has 0 aliphatic carbocycles. The number of likely N-dealkylation sites (tertiary alicyclic amines) is 1. The van der Waals surface area contributed by atoms with Crippen molar-refractivity contribution in [2.24, 2.45) is 5.73 Å². The minimum atomic E-state index is -0.385. The molecule has 0 spiro atoms. The van der Waals surface area contributed by atoms with Gasteiger partial charge in [-0.3, -0.25) is 4.79 Å². The smallest absolute Gasteiger partial charge is 0.200 e. The third-order valence-electron chi connectivity index (χ3n) is 2.90. The molecule has 1 heterocycles. The van der Waals surface area contributed by atoms with E-state index in [-0.39, 0.29) is 17.8 Å². The molecule has 4 heteroatoms. The van der Waals surface area contributed by atoms with Crippen molar-refractivity contribution in [3.8, 4) is 0 Å². The van der Waals surface area contributed by atoms with Crippen LogP contribution in [0.2, 0.25) is 0 Å². The average molecular weight is 200 g/mol. The van der Waals surface area contributed by atoms with Gasteiger partial charge in [-0.1, -0.05) is 30.3 Å². The quantitative estimate of drug-likeness (QED) is 0.678. The number of carbonyl (C=O) groups excluding carboxylic acids is 1. The van der Waals surface area contributed by atoms with Crippen molar-refractivity contribution in [1.29, 1.82) is 0 Å². The van der Waals surface area contributed by atoms with Crippen LogP contribution in [0.5, 0.6) is 0 Å². The Morgan fingerprint density at radius 1 is 1.33 bits per heavy atom. The lowest BCUT2D eigenvalue weighted by Gasteiger charge is -2.14. The van der Waals surface area contributed by atoms with Gasteiger partial charge in [-0.2, -0.15) is 0 Å². The Hall–Kier alpha value is -1.29. The molecule has 1 saturated heterocycles. The van der Waals surface area contributed by atoms with Gasteiger partial charge in [-0.25, -0.2) is 0 Å². The van der Waals surface area contributed by atoms with Crippen LogP contribution < -0.4 is 5.73 Å². The highest BCUT2D eigenvalue weighted by molar-refractivity contribution is 6.56. The van der Waals surface area contributed by atoms with Gasteiger partial charge in [0.1, 0.15) is 0 Å². The molecular formula is C11H13BN2O. The Morgan fingerprint density at radius 2 is 2.00 bits per heavy atom. The maximum Gasteiger partial charge on any atom is 0.200 e. The van der Waals surface area contributed by atoms with E-state index in [2.05, 4.69) is 0 Å². The Labute approximate surface area is 90.7 Å². The van der Waals surface area contributed by atoms with E-state index in [0.29, 0.717) is 13.1 Å². The van der Waals surface area contributed by atoms with Crippen LogP contribution in [0.1, 0.15) is 11.5 Å². The van der Waals surface area contributed by atoms with Gasteiger partial charge in [0.15, 0.2) is 5.81 Å². The predicted octanol–water partition coefficient (Wildman–Crippen LogP) is 0.702. The van der Waals surface area contributed by atoms with Crippen LogP contribution in [0, 0.1) is 0 Å². The number of nitrogens with zero attached hydrogens (tertiary/aromatic N) is 1. The van der Waals surface area contributed by atoms with Crippen LogP contribution in [0.3, 0.4) is 0 Å². The molecule has 76 valence electrons. The zero-order valence-corrected chi connectivity index (χ0v) is 8.47. The zero-order chi connectivity index (χ0) is 10.8. The summed E-state index contributed by atoms with van der Waals surface area (Å²) in [6.45, 7) is 1.18. The van der Waals surface area contributed by atoms with Crippen LogP contribution in [0.4, 0.5) is 4.79 Å². The zero-order valence-electron chi connectivity index (χ0n) is 8.47. The third-order valence-corrected chi connectivity index (χ3v) is 2.90. The summed E-state index contributed by atoms with van der Waals surface area (Å²) in [4.78, 5) is 12.6. The van der Waals surface area contributed by atoms with E-state index in [1.165, 1.54) is 5.56 Å². The molecule has 2 unspecified atom stereocenters.